The predicted octanol–water partition coefficient (Wildman–Crippen LogP) is 4.27. The number of methoxy groups -OCH3 is 1. The molecular formula is C19H15N3O4S. The molecule has 2 N–H and O–H groups in total. The summed E-state index contributed by atoms with van der Waals surface area (Å²) < 4.78 is 5.20. The Morgan fingerprint density at radius 3 is 2.81 bits per heavy atom. The summed E-state index contributed by atoms with van der Waals surface area (Å²) in [6, 6.07) is 11.9. The Labute approximate surface area is 157 Å². The van der Waals surface area contributed by atoms with Crippen LogP contribution in [0.2, 0.25) is 0 Å². The second-order valence-electron chi connectivity index (χ2n) is 5.94. The number of pyridine rings is 1. The van der Waals surface area contributed by atoms with Gasteiger partial charge in [0.15, 0.2) is 5.43 Å². The van der Waals surface area contributed by atoms with E-state index in [2.05, 4.69) is 10.3 Å². The van der Waals surface area contributed by atoms with Crippen LogP contribution in [-0.2, 0) is 6.54 Å². The molecule has 0 fully saturated rings. The molecule has 4 rings (SSSR count). The van der Waals surface area contributed by atoms with Crippen LogP contribution < -0.4 is 15.5 Å². The predicted molar refractivity (Wildman–Crippen MR) is 107 cm³/mol. The second-order valence-corrected chi connectivity index (χ2v) is 6.97. The largest absolute Gasteiger partial charge is 0.497 e. The molecule has 0 atom stereocenters. The number of anilines is 1. The standard InChI is InChI=1S/C19H15N3O4S/c1-26-11-4-5-14-13(9-11)19(23)17-15(20-10-12-3-2-8-27-12)6-7-16(22(24)25)18(17)21-14/h2-9,20H,10H2,1H3,(H,21,23). The van der Waals surface area contributed by atoms with Gasteiger partial charge in [-0.15, -0.1) is 11.3 Å². The maximum Gasteiger partial charge on any atom is 0.293 e. The zero-order valence-electron chi connectivity index (χ0n) is 14.3. The normalized spacial score (nSPS) is 11.0. The summed E-state index contributed by atoms with van der Waals surface area (Å²) in [5.74, 6) is 0.547. The summed E-state index contributed by atoms with van der Waals surface area (Å²) in [5.41, 5.74) is 0.858. The highest BCUT2D eigenvalue weighted by Gasteiger charge is 2.19. The number of nitrogens with one attached hydrogen (secondary N) is 2. The average molecular weight is 381 g/mol. The van der Waals surface area contributed by atoms with Crippen molar-refractivity contribution in [1.29, 1.82) is 0 Å². The summed E-state index contributed by atoms with van der Waals surface area (Å²) in [6.45, 7) is 0.528. The van der Waals surface area contributed by atoms with Crippen LogP contribution in [0.15, 0.2) is 52.6 Å². The van der Waals surface area contributed by atoms with Crippen LogP contribution in [0.3, 0.4) is 0 Å². The van der Waals surface area contributed by atoms with Crippen molar-refractivity contribution < 1.29 is 9.66 Å². The monoisotopic (exact) mass is 381 g/mol. The van der Waals surface area contributed by atoms with Gasteiger partial charge < -0.3 is 15.0 Å². The lowest BCUT2D eigenvalue weighted by atomic mass is 10.1. The fourth-order valence-corrected chi connectivity index (χ4v) is 3.71. The minimum Gasteiger partial charge on any atom is -0.497 e. The minimum atomic E-state index is -0.489. The third-order valence-electron chi connectivity index (χ3n) is 4.37. The lowest BCUT2D eigenvalue weighted by molar-refractivity contribution is -0.383. The Morgan fingerprint density at radius 2 is 2.11 bits per heavy atom. The molecule has 0 aliphatic heterocycles. The third kappa shape index (κ3) is 3.00. The fourth-order valence-electron chi connectivity index (χ4n) is 3.07. The van der Waals surface area contributed by atoms with Gasteiger partial charge in [0.25, 0.3) is 5.69 Å². The van der Waals surface area contributed by atoms with Crippen LogP contribution in [0.1, 0.15) is 4.88 Å². The number of thiophene rings is 1. The van der Waals surface area contributed by atoms with E-state index in [0.29, 0.717) is 28.9 Å². The van der Waals surface area contributed by atoms with Gasteiger partial charge in [0, 0.05) is 28.6 Å². The number of benzene rings is 2. The van der Waals surface area contributed by atoms with Crippen LogP contribution in [-0.4, -0.2) is 17.0 Å². The number of ether oxygens (including phenoxy) is 1. The zero-order chi connectivity index (χ0) is 19.0. The summed E-state index contributed by atoms with van der Waals surface area (Å²) in [5, 5.41) is 17.3. The first-order valence-corrected chi connectivity index (χ1v) is 9.04. The Bertz CT molecular complexity index is 1220. The molecule has 0 unspecified atom stereocenters. The molecule has 0 aliphatic carbocycles. The van der Waals surface area contributed by atoms with Crippen molar-refractivity contribution in [3.63, 3.8) is 0 Å². The highest BCUT2D eigenvalue weighted by Crippen LogP contribution is 2.31. The minimum absolute atomic E-state index is 0.138. The maximum atomic E-state index is 13.2. The SMILES string of the molecule is COc1ccc2[nH]c3c([N+](=O)[O-])ccc(NCc4cccs4)c3c(=O)c2c1. The zero-order valence-corrected chi connectivity index (χ0v) is 15.1. The molecule has 0 saturated carbocycles. The number of hydrogen-bond acceptors (Lipinski definition) is 6. The molecule has 0 aliphatic rings. The van der Waals surface area contributed by atoms with Gasteiger partial charge in [-0.2, -0.15) is 0 Å². The molecule has 0 bridgehead atoms. The number of nitro groups is 1. The van der Waals surface area contributed by atoms with Crippen molar-refractivity contribution in [2.75, 3.05) is 12.4 Å². The first-order chi connectivity index (χ1) is 13.1. The van der Waals surface area contributed by atoms with Gasteiger partial charge >= 0.3 is 0 Å². The Kier molecular flexibility index (Phi) is 4.25. The quantitative estimate of drug-likeness (QED) is 0.306. The van der Waals surface area contributed by atoms with E-state index in [-0.39, 0.29) is 22.0 Å². The van der Waals surface area contributed by atoms with Gasteiger partial charge in [0.05, 0.1) is 22.9 Å². The molecule has 0 saturated heterocycles. The van der Waals surface area contributed by atoms with Crippen molar-refractivity contribution >= 4 is 44.5 Å². The van der Waals surface area contributed by atoms with E-state index in [9.17, 15) is 14.9 Å². The van der Waals surface area contributed by atoms with Crippen LogP contribution in [0.25, 0.3) is 21.8 Å². The van der Waals surface area contributed by atoms with E-state index >= 15 is 0 Å². The van der Waals surface area contributed by atoms with Crippen molar-refractivity contribution in [2.45, 2.75) is 6.54 Å². The lowest BCUT2D eigenvalue weighted by Gasteiger charge is -2.11. The van der Waals surface area contributed by atoms with Crippen molar-refractivity contribution in [1.82, 2.24) is 4.98 Å². The van der Waals surface area contributed by atoms with Gasteiger partial charge in [0.2, 0.25) is 0 Å². The highest BCUT2D eigenvalue weighted by atomic mass is 32.1. The summed E-state index contributed by atoms with van der Waals surface area (Å²) in [4.78, 5) is 28.3. The Hall–Kier alpha value is -3.39. The number of rotatable bonds is 5. The van der Waals surface area contributed by atoms with Crippen LogP contribution in [0.4, 0.5) is 11.4 Å². The number of hydrogen-bond donors (Lipinski definition) is 2. The van der Waals surface area contributed by atoms with E-state index in [1.165, 1.54) is 13.2 Å². The molecule has 136 valence electrons. The van der Waals surface area contributed by atoms with Crippen molar-refractivity contribution in [3.05, 3.63) is 73.1 Å². The summed E-state index contributed by atoms with van der Waals surface area (Å²) in [6.07, 6.45) is 0. The number of fused-ring (bicyclic) bond motifs is 2. The highest BCUT2D eigenvalue weighted by molar-refractivity contribution is 7.09. The van der Waals surface area contributed by atoms with Crippen LogP contribution in [0.5, 0.6) is 5.75 Å². The van der Waals surface area contributed by atoms with Crippen molar-refractivity contribution in [3.8, 4) is 5.75 Å². The molecule has 8 heteroatoms. The Balaban J connectivity index is 1.97. The van der Waals surface area contributed by atoms with E-state index < -0.39 is 4.92 Å². The summed E-state index contributed by atoms with van der Waals surface area (Å²) in [7, 11) is 1.52. The number of nitro benzene ring substituents is 1. The topological polar surface area (TPSA) is 97.3 Å². The number of non-ortho nitro benzene ring substituents is 1. The van der Waals surface area contributed by atoms with Gasteiger partial charge in [-0.3, -0.25) is 14.9 Å². The van der Waals surface area contributed by atoms with E-state index in [4.69, 9.17) is 4.74 Å². The first kappa shape index (κ1) is 17.0. The van der Waals surface area contributed by atoms with E-state index in [0.717, 1.165) is 4.88 Å². The smallest absolute Gasteiger partial charge is 0.293 e. The number of nitrogens with zero attached hydrogens (tertiary/aromatic N) is 1. The molecule has 27 heavy (non-hydrogen) atoms. The van der Waals surface area contributed by atoms with Crippen LogP contribution >= 0.6 is 11.3 Å². The average Bonchev–Trinajstić information content (AvgIpc) is 3.19. The van der Waals surface area contributed by atoms with E-state index in [1.54, 1.807) is 35.6 Å². The first-order valence-electron chi connectivity index (χ1n) is 8.16. The number of H-pyrrole nitrogens is 1. The molecule has 7 nitrogen and oxygen atoms in total. The van der Waals surface area contributed by atoms with Gasteiger partial charge in [-0.05, 0) is 35.7 Å². The third-order valence-corrected chi connectivity index (χ3v) is 5.25. The lowest BCUT2D eigenvalue weighted by Crippen LogP contribution is -2.10. The molecular weight excluding hydrogens is 366 g/mol. The molecule has 0 spiro atoms. The molecule has 0 amide bonds. The molecule has 2 heterocycles. The van der Waals surface area contributed by atoms with Gasteiger partial charge in [-0.25, -0.2) is 0 Å². The Morgan fingerprint density at radius 1 is 1.26 bits per heavy atom. The molecule has 2 aromatic heterocycles. The number of aromatic nitrogens is 1. The van der Waals surface area contributed by atoms with Crippen LogP contribution in [0, 0.1) is 10.1 Å². The summed E-state index contributed by atoms with van der Waals surface area (Å²) >= 11 is 1.59. The fraction of sp³-hybridized carbons (Fsp3) is 0.105. The second kappa shape index (κ2) is 6.73. The van der Waals surface area contributed by atoms with Gasteiger partial charge in [0.1, 0.15) is 11.3 Å². The maximum absolute atomic E-state index is 13.2. The van der Waals surface area contributed by atoms with Crippen molar-refractivity contribution in [2.24, 2.45) is 0 Å². The van der Waals surface area contributed by atoms with Gasteiger partial charge in [-0.1, -0.05) is 6.07 Å². The number of aromatic amines is 1. The molecule has 2 aromatic carbocycles. The van der Waals surface area contributed by atoms with E-state index in [1.807, 2.05) is 17.5 Å². The molecule has 0 radical (unpaired) electrons. The molecule has 4 aromatic rings.